The Morgan fingerprint density at radius 3 is 2.62 bits per heavy atom. The summed E-state index contributed by atoms with van der Waals surface area (Å²) in [6, 6.07) is 7.80. The molecule has 0 aliphatic carbocycles. The number of aromatic nitrogens is 1. The minimum absolute atomic E-state index is 0.0140. The predicted molar refractivity (Wildman–Crippen MR) is 167 cm³/mol. The van der Waals surface area contributed by atoms with Crippen LogP contribution in [0.15, 0.2) is 59.0 Å². The van der Waals surface area contributed by atoms with E-state index in [1.54, 1.807) is 17.9 Å². The lowest BCUT2D eigenvalue weighted by molar-refractivity contribution is -0.00115. The molecule has 6 nitrogen and oxygen atoms in total. The minimum Gasteiger partial charge on any atom is -0.369 e. The normalized spacial score (nSPS) is 18.4. The Hall–Kier alpha value is -3.59. The van der Waals surface area contributed by atoms with E-state index in [9.17, 15) is 8.78 Å². The maximum atomic E-state index is 15.4. The van der Waals surface area contributed by atoms with E-state index in [2.05, 4.69) is 67.5 Å². The first kappa shape index (κ1) is 31.3. The van der Waals surface area contributed by atoms with Crippen LogP contribution in [0.5, 0.6) is 0 Å². The van der Waals surface area contributed by atoms with Crippen LogP contribution in [-0.4, -0.2) is 40.9 Å². The van der Waals surface area contributed by atoms with E-state index in [1.165, 1.54) is 18.2 Å². The number of rotatable bonds is 8. The van der Waals surface area contributed by atoms with E-state index in [0.717, 1.165) is 22.5 Å². The van der Waals surface area contributed by atoms with Crippen LogP contribution < -0.4 is 16.0 Å². The van der Waals surface area contributed by atoms with E-state index in [0.29, 0.717) is 30.9 Å². The number of hydrogen-bond acceptors (Lipinski definition) is 4. The Kier molecular flexibility index (Phi) is 9.21. The molecule has 226 valence electrons. The first-order chi connectivity index (χ1) is 19.7. The van der Waals surface area contributed by atoms with Crippen molar-refractivity contribution in [1.29, 1.82) is 0 Å². The lowest BCUT2D eigenvalue weighted by atomic mass is 9.87. The molecule has 0 saturated heterocycles. The molecule has 0 spiro atoms. The average Bonchev–Trinajstić information content (AvgIpc) is 2.90. The van der Waals surface area contributed by atoms with Gasteiger partial charge < -0.3 is 16.0 Å². The molecule has 3 heterocycles. The van der Waals surface area contributed by atoms with Gasteiger partial charge in [-0.05, 0) is 81.5 Å². The SMILES string of the molecule is C=C(C)C(F)(F)CN1CCc2nc(N=C(N)N/C(=C(/F)CC)c3cc(C)c4c(c3)N(C(C)C)C(C)=CC4C)ccc2C1. The maximum Gasteiger partial charge on any atom is 0.281 e. The molecule has 0 bridgehead atoms. The number of halogens is 3. The fraction of sp³-hybridized carbons (Fsp3) is 0.455. The number of hydrogen-bond donors (Lipinski definition) is 2. The van der Waals surface area contributed by atoms with Gasteiger partial charge in [-0.15, -0.1) is 0 Å². The molecule has 2 aliphatic rings. The summed E-state index contributed by atoms with van der Waals surface area (Å²) in [5.41, 5.74) is 13.4. The third-order valence-corrected chi connectivity index (χ3v) is 7.99. The molecule has 0 amide bonds. The van der Waals surface area contributed by atoms with Gasteiger partial charge in [0, 0.05) is 54.1 Å². The standard InChI is InChI=1S/C33H43F3N6/c1-9-26(34)31(25-15-22(7)30-21(6)14-23(8)42(20(4)5)28(30)16-25)40-32(37)39-29-11-10-24-17-41(13-12-27(24)38-29)18-33(35,36)19(2)3/h10-11,14-16,20-21H,2,9,12-13,17-18H2,1,3-8H3,(H3,37,38,39,40)/b31-26+. The van der Waals surface area contributed by atoms with Crippen LogP contribution in [0, 0.1) is 6.92 Å². The number of alkyl halides is 2. The first-order valence-electron chi connectivity index (χ1n) is 14.6. The highest BCUT2D eigenvalue weighted by atomic mass is 19.3. The van der Waals surface area contributed by atoms with Gasteiger partial charge in [-0.1, -0.05) is 32.6 Å². The Morgan fingerprint density at radius 2 is 1.98 bits per heavy atom. The summed E-state index contributed by atoms with van der Waals surface area (Å²) in [5.74, 6) is -2.63. The van der Waals surface area contributed by atoms with Crippen LogP contribution in [-0.2, 0) is 13.0 Å². The van der Waals surface area contributed by atoms with E-state index < -0.39 is 5.92 Å². The fourth-order valence-electron chi connectivity index (χ4n) is 5.95. The molecule has 42 heavy (non-hydrogen) atoms. The summed E-state index contributed by atoms with van der Waals surface area (Å²) < 4.78 is 43.8. The molecule has 1 atom stereocenters. The van der Waals surface area contributed by atoms with Crippen molar-refractivity contribution in [2.75, 3.05) is 18.0 Å². The van der Waals surface area contributed by atoms with Crippen LogP contribution in [0.25, 0.3) is 5.70 Å². The quantitative estimate of drug-likeness (QED) is 0.193. The number of aliphatic imine (C=N–C) groups is 1. The van der Waals surface area contributed by atoms with Crippen LogP contribution in [0.3, 0.4) is 0 Å². The number of aryl methyl sites for hydroxylation is 1. The third kappa shape index (κ3) is 6.56. The number of nitrogens with two attached hydrogens (primary N) is 1. The summed E-state index contributed by atoms with van der Waals surface area (Å²) in [5, 5.41) is 3.02. The van der Waals surface area contributed by atoms with Crippen molar-refractivity contribution < 1.29 is 13.2 Å². The number of guanidine groups is 1. The molecule has 1 aromatic heterocycles. The summed E-state index contributed by atoms with van der Waals surface area (Å²) in [6.45, 7) is 17.6. The first-order valence-corrected chi connectivity index (χ1v) is 14.6. The second kappa shape index (κ2) is 12.3. The lowest BCUT2D eigenvalue weighted by Gasteiger charge is -2.38. The van der Waals surface area contributed by atoms with Crippen molar-refractivity contribution in [2.24, 2.45) is 10.7 Å². The highest BCUT2D eigenvalue weighted by Crippen LogP contribution is 2.41. The molecular formula is C33H43F3N6. The Bertz CT molecular complexity index is 1460. The highest BCUT2D eigenvalue weighted by Gasteiger charge is 2.34. The van der Waals surface area contributed by atoms with E-state index in [4.69, 9.17) is 5.73 Å². The van der Waals surface area contributed by atoms with Crippen molar-refractivity contribution in [3.8, 4) is 0 Å². The number of pyridine rings is 1. The Balaban J connectivity index is 1.60. The summed E-state index contributed by atoms with van der Waals surface area (Å²) in [4.78, 5) is 13.0. The molecule has 1 aromatic carbocycles. The van der Waals surface area contributed by atoms with Crippen molar-refractivity contribution in [3.63, 3.8) is 0 Å². The van der Waals surface area contributed by atoms with Crippen LogP contribution in [0.2, 0.25) is 0 Å². The van der Waals surface area contributed by atoms with Gasteiger partial charge in [-0.2, -0.15) is 4.99 Å². The van der Waals surface area contributed by atoms with Crippen LogP contribution in [0.1, 0.15) is 81.8 Å². The van der Waals surface area contributed by atoms with Gasteiger partial charge in [0.25, 0.3) is 5.92 Å². The highest BCUT2D eigenvalue weighted by molar-refractivity contribution is 5.90. The molecule has 2 aromatic rings. The summed E-state index contributed by atoms with van der Waals surface area (Å²) >= 11 is 0. The van der Waals surface area contributed by atoms with E-state index in [1.807, 2.05) is 18.2 Å². The third-order valence-electron chi connectivity index (χ3n) is 7.99. The molecule has 4 rings (SSSR count). The topological polar surface area (TPSA) is 69.8 Å². The molecule has 2 aliphatic heterocycles. The van der Waals surface area contributed by atoms with Gasteiger partial charge in [-0.25, -0.2) is 18.2 Å². The minimum atomic E-state index is -2.94. The zero-order chi connectivity index (χ0) is 30.9. The monoisotopic (exact) mass is 580 g/mol. The zero-order valence-electron chi connectivity index (χ0n) is 25.8. The molecule has 9 heteroatoms. The molecule has 0 radical (unpaired) electrons. The Labute approximate surface area is 247 Å². The van der Waals surface area contributed by atoms with Gasteiger partial charge in [0.1, 0.15) is 5.83 Å². The maximum absolute atomic E-state index is 15.4. The van der Waals surface area contributed by atoms with Gasteiger partial charge >= 0.3 is 0 Å². The number of anilines is 1. The van der Waals surface area contributed by atoms with Gasteiger partial charge in [0.15, 0.2) is 11.8 Å². The van der Waals surface area contributed by atoms with Crippen LogP contribution in [0.4, 0.5) is 24.7 Å². The number of nitrogens with one attached hydrogen (secondary N) is 1. The van der Waals surface area contributed by atoms with Crippen molar-refractivity contribution in [1.82, 2.24) is 15.2 Å². The number of allylic oxidation sites excluding steroid dienone is 3. The fourth-order valence-corrected chi connectivity index (χ4v) is 5.95. The number of fused-ring (bicyclic) bond motifs is 2. The van der Waals surface area contributed by atoms with Crippen LogP contribution >= 0.6 is 0 Å². The van der Waals surface area contributed by atoms with Crippen molar-refractivity contribution in [2.45, 2.75) is 85.7 Å². The smallest absolute Gasteiger partial charge is 0.281 e. The lowest BCUT2D eigenvalue weighted by Crippen LogP contribution is -2.40. The molecule has 3 N–H and O–H groups in total. The van der Waals surface area contributed by atoms with Gasteiger partial charge in [-0.3, -0.25) is 4.90 Å². The van der Waals surface area contributed by atoms with Crippen molar-refractivity contribution in [3.05, 3.63) is 82.0 Å². The van der Waals surface area contributed by atoms with Gasteiger partial charge in [0.2, 0.25) is 0 Å². The Morgan fingerprint density at radius 1 is 1.26 bits per heavy atom. The second-order valence-electron chi connectivity index (χ2n) is 11.8. The second-order valence-corrected chi connectivity index (χ2v) is 11.8. The summed E-state index contributed by atoms with van der Waals surface area (Å²) in [6.07, 6.45) is 2.97. The van der Waals surface area contributed by atoms with E-state index >= 15 is 4.39 Å². The molecular weight excluding hydrogens is 537 g/mol. The zero-order valence-corrected chi connectivity index (χ0v) is 25.8. The predicted octanol–water partition coefficient (Wildman–Crippen LogP) is 7.48. The van der Waals surface area contributed by atoms with Crippen molar-refractivity contribution >= 4 is 23.2 Å². The average molecular weight is 581 g/mol. The molecule has 0 saturated carbocycles. The van der Waals surface area contributed by atoms with E-state index in [-0.39, 0.29) is 48.0 Å². The largest absolute Gasteiger partial charge is 0.369 e. The molecule has 1 unspecified atom stereocenters. The number of nitrogens with zero attached hydrogens (tertiary/aromatic N) is 4. The molecule has 0 fully saturated rings. The number of benzene rings is 1. The summed E-state index contributed by atoms with van der Waals surface area (Å²) in [7, 11) is 0. The van der Waals surface area contributed by atoms with Gasteiger partial charge in [0.05, 0.1) is 12.2 Å².